The van der Waals surface area contributed by atoms with Crippen LogP contribution in [0.1, 0.15) is 19.4 Å². The molecule has 0 aliphatic rings. The third-order valence-electron chi connectivity index (χ3n) is 2.28. The van der Waals surface area contributed by atoms with Crippen molar-refractivity contribution in [1.29, 1.82) is 0 Å². The quantitative estimate of drug-likeness (QED) is 0.345. The van der Waals surface area contributed by atoms with Crippen molar-refractivity contribution < 1.29 is 9.53 Å². The molecule has 0 bridgehead atoms. The lowest BCUT2D eigenvalue weighted by Crippen LogP contribution is -2.09. The second-order valence-electron chi connectivity index (χ2n) is 4.27. The van der Waals surface area contributed by atoms with Gasteiger partial charge in [-0.1, -0.05) is 42.0 Å². The van der Waals surface area contributed by atoms with E-state index in [0.29, 0.717) is 11.3 Å². The van der Waals surface area contributed by atoms with Crippen LogP contribution < -0.4 is 4.74 Å². The van der Waals surface area contributed by atoms with Crippen LogP contribution >= 0.6 is 0 Å². The van der Waals surface area contributed by atoms with Crippen molar-refractivity contribution in [3.05, 3.63) is 65.8 Å². The van der Waals surface area contributed by atoms with Gasteiger partial charge in [0, 0.05) is 0 Å². The number of esters is 1. The summed E-state index contributed by atoms with van der Waals surface area (Å²) in [5.74, 6) is 0.141. The Morgan fingerprint density at radius 1 is 1.17 bits per heavy atom. The van der Waals surface area contributed by atoms with Gasteiger partial charge < -0.3 is 4.74 Å². The van der Waals surface area contributed by atoms with E-state index in [-0.39, 0.29) is 0 Å². The smallest absolute Gasteiger partial charge is 0.343 e. The monoisotopic (exact) mass is 242 g/mol. The van der Waals surface area contributed by atoms with Crippen molar-refractivity contribution in [3.8, 4) is 5.75 Å². The lowest BCUT2D eigenvalue weighted by atomic mass is 10.2. The Morgan fingerprint density at radius 2 is 1.78 bits per heavy atom. The van der Waals surface area contributed by atoms with Gasteiger partial charge in [0.15, 0.2) is 0 Å². The first-order chi connectivity index (χ1) is 8.52. The first-order valence-corrected chi connectivity index (χ1v) is 5.79. The van der Waals surface area contributed by atoms with E-state index in [2.05, 4.69) is 6.58 Å². The number of allylic oxidation sites excluding steroid dienone is 3. The fraction of sp³-hybridized carbons (Fsp3) is 0.188. The summed E-state index contributed by atoms with van der Waals surface area (Å²) in [5.41, 5.74) is 2.67. The molecule has 0 saturated heterocycles. The van der Waals surface area contributed by atoms with Gasteiger partial charge in [-0.05, 0) is 39.0 Å². The number of hydrogen-bond donors (Lipinski definition) is 0. The maximum Gasteiger partial charge on any atom is 0.343 e. The van der Waals surface area contributed by atoms with Gasteiger partial charge in [0.2, 0.25) is 0 Å². The molecule has 0 heterocycles. The summed E-state index contributed by atoms with van der Waals surface area (Å²) in [5, 5.41) is 0. The zero-order valence-corrected chi connectivity index (χ0v) is 11.1. The molecule has 1 aromatic carbocycles. The van der Waals surface area contributed by atoms with E-state index in [1.54, 1.807) is 18.2 Å². The van der Waals surface area contributed by atoms with Crippen molar-refractivity contribution in [1.82, 2.24) is 0 Å². The highest BCUT2D eigenvalue weighted by molar-refractivity contribution is 5.93. The number of rotatable bonds is 4. The largest absolute Gasteiger partial charge is 0.423 e. The van der Waals surface area contributed by atoms with Crippen LogP contribution in [0.3, 0.4) is 0 Å². The Kier molecular flexibility index (Phi) is 5.12. The summed E-state index contributed by atoms with van der Waals surface area (Å²) in [4.78, 5) is 11.9. The summed E-state index contributed by atoms with van der Waals surface area (Å²) in [6, 6.07) is 7.34. The summed E-state index contributed by atoms with van der Waals surface area (Å²) in [6.07, 6.45) is 5.06. The molecule has 0 radical (unpaired) electrons. The summed E-state index contributed by atoms with van der Waals surface area (Å²) in [6.45, 7) is 9.52. The van der Waals surface area contributed by atoms with Crippen molar-refractivity contribution >= 4 is 5.97 Å². The number of carbonyl (C=O) groups excluding carboxylic acids is 1. The summed E-state index contributed by atoms with van der Waals surface area (Å²) < 4.78 is 5.25. The molecule has 0 spiro atoms. The van der Waals surface area contributed by atoms with E-state index in [1.165, 1.54) is 6.08 Å². The molecule has 0 aliphatic heterocycles. The van der Waals surface area contributed by atoms with E-state index >= 15 is 0 Å². The van der Waals surface area contributed by atoms with E-state index in [1.807, 2.05) is 39.0 Å². The molecule has 0 atom stereocenters. The molecule has 2 heteroatoms. The molecule has 94 valence electrons. The van der Waals surface area contributed by atoms with E-state index in [4.69, 9.17) is 4.74 Å². The highest BCUT2D eigenvalue weighted by Crippen LogP contribution is 2.13. The molecule has 0 saturated carbocycles. The molecule has 1 aromatic rings. The van der Waals surface area contributed by atoms with Gasteiger partial charge in [0.25, 0.3) is 0 Å². The molecule has 0 N–H and O–H groups in total. The molecule has 0 aliphatic carbocycles. The molecule has 0 amide bonds. The van der Waals surface area contributed by atoms with Gasteiger partial charge in [-0.25, -0.2) is 4.79 Å². The maximum absolute atomic E-state index is 11.9. The first kappa shape index (κ1) is 14.0. The van der Waals surface area contributed by atoms with E-state index in [9.17, 15) is 4.79 Å². The van der Waals surface area contributed by atoms with Crippen LogP contribution in [0.15, 0.2) is 60.2 Å². The van der Waals surface area contributed by atoms with E-state index < -0.39 is 5.97 Å². The average Bonchev–Trinajstić information content (AvgIpc) is 2.32. The minimum absolute atomic E-state index is 0.397. The molecular formula is C16H18O2. The topological polar surface area (TPSA) is 26.3 Å². The van der Waals surface area contributed by atoms with Crippen molar-refractivity contribution in [2.24, 2.45) is 0 Å². The fourth-order valence-corrected chi connectivity index (χ4v) is 1.25. The van der Waals surface area contributed by atoms with Crippen LogP contribution in [0.4, 0.5) is 0 Å². The Balaban J connectivity index is 2.80. The second kappa shape index (κ2) is 6.60. The van der Waals surface area contributed by atoms with Crippen LogP contribution in [-0.4, -0.2) is 5.97 Å². The number of ether oxygens (including phenoxy) is 1. The average molecular weight is 242 g/mol. The van der Waals surface area contributed by atoms with Gasteiger partial charge in [-0.2, -0.15) is 0 Å². The normalized spacial score (nSPS) is 10.7. The zero-order valence-electron chi connectivity index (χ0n) is 11.1. The SMILES string of the molecule is C=C/C(=C\C=C(C)C)C(=O)Oc1ccc(C)cc1. The molecular weight excluding hydrogens is 224 g/mol. The number of hydrogen-bond acceptors (Lipinski definition) is 2. The van der Waals surface area contributed by atoms with Crippen LogP contribution in [0, 0.1) is 6.92 Å². The highest BCUT2D eigenvalue weighted by atomic mass is 16.5. The molecule has 18 heavy (non-hydrogen) atoms. The van der Waals surface area contributed by atoms with Gasteiger partial charge in [-0.3, -0.25) is 0 Å². The predicted molar refractivity (Wildman–Crippen MR) is 74.5 cm³/mol. The maximum atomic E-state index is 11.9. The molecule has 0 fully saturated rings. The van der Waals surface area contributed by atoms with E-state index in [0.717, 1.165) is 11.1 Å². The van der Waals surface area contributed by atoms with Crippen molar-refractivity contribution in [2.45, 2.75) is 20.8 Å². The lowest BCUT2D eigenvalue weighted by molar-refractivity contribution is -0.129. The van der Waals surface area contributed by atoms with Gasteiger partial charge in [0.1, 0.15) is 5.75 Å². The van der Waals surface area contributed by atoms with Gasteiger partial charge >= 0.3 is 5.97 Å². The third-order valence-corrected chi connectivity index (χ3v) is 2.28. The van der Waals surface area contributed by atoms with Gasteiger partial charge in [0.05, 0.1) is 5.57 Å². The number of aryl methyl sites for hydroxylation is 1. The van der Waals surface area contributed by atoms with Crippen molar-refractivity contribution in [3.63, 3.8) is 0 Å². The fourth-order valence-electron chi connectivity index (χ4n) is 1.25. The zero-order chi connectivity index (χ0) is 13.5. The van der Waals surface area contributed by atoms with Gasteiger partial charge in [-0.15, -0.1) is 0 Å². The Hall–Kier alpha value is -2.09. The van der Waals surface area contributed by atoms with Crippen LogP contribution in [0.2, 0.25) is 0 Å². The summed E-state index contributed by atoms with van der Waals surface area (Å²) in [7, 11) is 0. The molecule has 0 unspecified atom stereocenters. The Morgan fingerprint density at radius 3 is 2.28 bits per heavy atom. The Bertz CT molecular complexity index is 486. The number of benzene rings is 1. The van der Waals surface area contributed by atoms with Crippen LogP contribution in [0.25, 0.3) is 0 Å². The summed E-state index contributed by atoms with van der Waals surface area (Å²) >= 11 is 0. The predicted octanol–water partition coefficient (Wildman–Crippen LogP) is 3.98. The highest BCUT2D eigenvalue weighted by Gasteiger charge is 2.07. The van der Waals surface area contributed by atoms with Crippen molar-refractivity contribution in [2.75, 3.05) is 0 Å². The molecule has 0 aromatic heterocycles. The van der Waals surface area contributed by atoms with Crippen LogP contribution in [-0.2, 0) is 4.79 Å². The lowest BCUT2D eigenvalue weighted by Gasteiger charge is -2.04. The standard InChI is InChI=1S/C16H18O2/c1-5-14(9-6-12(2)3)16(17)18-15-10-7-13(4)8-11-15/h5-11H,1H2,2-4H3/b14-9+. The third kappa shape index (κ3) is 4.42. The second-order valence-corrected chi connectivity index (χ2v) is 4.27. The van der Waals surface area contributed by atoms with Crippen LogP contribution in [0.5, 0.6) is 5.75 Å². The Labute approximate surface area is 108 Å². The first-order valence-electron chi connectivity index (χ1n) is 5.79. The minimum Gasteiger partial charge on any atom is -0.423 e. The molecule has 1 rings (SSSR count). The number of carbonyl (C=O) groups is 1. The molecule has 2 nitrogen and oxygen atoms in total. The minimum atomic E-state index is -0.397.